The average molecular weight is 419 g/mol. The van der Waals surface area contributed by atoms with Gasteiger partial charge in [-0.3, -0.25) is 18.9 Å². The monoisotopic (exact) mass is 419 g/mol. The lowest BCUT2D eigenvalue weighted by atomic mass is 10.1. The summed E-state index contributed by atoms with van der Waals surface area (Å²) in [6.45, 7) is -5.42. The normalized spacial score (nSPS) is 29.5. The van der Waals surface area contributed by atoms with Crippen molar-refractivity contribution in [3.8, 4) is 0 Å². The zero-order valence-electron chi connectivity index (χ0n) is 12.1. The van der Waals surface area contributed by atoms with Crippen LogP contribution in [0.5, 0.6) is 0 Å². The highest BCUT2D eigenvalue weighted by molar-refractivity contribution is 8.08. The van der Waals surface area contributed by atoms with Crippen LogP contribution in [0.4, 0.5) is 0 Å². The van der Waals surface area contributed by atoms with E-state index in [9.17, 15) is 29.3 Å². The van der Waals surface area contributed by atoms with Crippen LogP contribution >= 0.6 is 14.5 Å². The molecule has 0 saturated carbocycles. The smallest absolute Gasteiger partial charge is 0.330 e. The third-order valence-electron chi connectivity index (χ3n) is 3.07. The predicted molar refractivity (Wildman–Crippen MR) is 80.6 cm³/mol. The van der Waals surface area contributed by atoms with Crippen LogP contribution in [0.2, 0.25) is 0 Å². The lowest BCUT2D eigenvalue weighted by Crippen LogP contribution is -2.37. The van der Waals surface area contributed by atoms with Gasteiger partial charge in [0.15, 0.2) is 6.23 Å². The molecule has 0 bridgehead atoms. The van der Waals surface area contributed by atoms with Gasteiger partial charge in [0.2, 0.25) is 0 Å². The van der Waals surface area contributed by atoms with Gasteiger partial charge in [-0.05, 0) is 11.8 Å². The van der Waals surface area contributed by atoms with E-state index in [1.165, 1.54) is 0 Å². The van der Waals surface area contributed by atoms with Gasteiger partial charge in [-0.15, -0.1) is 0 Å². The molecule has 2 heterocycles. The van der Waals surface area contributed by atoms with E-state index in [1.807, 2.05) is 4.98 Å². The Morgan fingerprint density at radius 1 is 1.36 bits per heavy atom. The van der Waals surface area contributed by atoms with Crippen molar-refractivity contribution in [1.82, 2.24) is 9.55 Å². The summed E-state index contributed by atoms with van der Waals surface area (Å²) >= 11 is 3.99. The van der Waals surface area contributed by atoms with Gasteiger partial charge in [0.25, 0.3) is 13.4 Å². The largest absolute Gasteiger partial charge is 0.756 e. The number of aromatic nitrogens is 2. The van der Waals surface area contributed by atoms with E-state index < -0.39 is 56.9 Å². The molecule has 1 aliphatic rings. The Morgan fingerprint density at radius 2 is 2.00 bits per heavy atom. The summed E-state index contributed by atoms with van der Waals surface area (Å²) in [6, 6.07) is 0.975. The lowest BCUT2D eigenvalue weighted by Gasteiger charge is -2.26. The molecule has 5 atom stereocenters. The molecule has 0 radical (unpaired) electrons. The zero-order valence-corrected chi connectivity index (χ0v) is 14.7. The van der Waals surface area contributed by atoms with Gasteiger partial charge in [0, 0.05) is 12.3 Å². The van der Waals surface area contributed by atoms with E-state index >= 15 is 0 Å². The van der Waals surface area contributed by atoms with Crippen LogP contribution in [0.15, 0.2) is 21.9 Å². The predicted octanol–water partition coefficient (Wildman–Crippen LogP) is -3.13. The molecule has 16 heteroatoms. The number of nitrogens with zero attached hydrogens (tertiary/aromatic N) is 1. The maximum absolute atomic E-state index is 11.7. The molecule has 1 aromatic heterocycles. The maximum atomic E-state index is 11.7. The van der Waals surface area contributed by atoms with Gasteiger partial charge >= 0.3 is 12.4 Å². The lowest BCUT2D eigenvalue weighted by molar-refractivity contribution is -0.220. The highest BCUT2D eigenvalue weighted by Gasteiger charge is 2.44. The van der Waals surface area contributed by atoms with Crippen LogP contribution in [0.3, 0.4) is 0 Å². The van der Waals surface area contributed by atoms with Crippen molar-refractivity contribution in [3.05, 3.63) is 33.1 Å². The van der Waals surface area contributed by atoms with Crippen molar-refractivity contribution in [3.63, 3.8) is 0 Å². The van der Waals surface area contributed by atoms with Crippen molar-refractivity contribution in [2.75, 3.05) is 6.61 Å². The van der Waals surface area contributed by atoms with Gasteiger partial charge in [-0.1, -0.05) is 0 Å². The first kappa shape index (κ1) is 20.6. The fourth-order valence-corrected chi connectivity index (χ4v) is 4.34. The van der Waals surface area contributed by atoms with Crippen LogP contribution in [0, 0.1) is 0 Å². The molecule has 0 aliphatic carbocycles. The summed E-state index contributed by atoms with van der Waals surface area (Å²) in [5.74, 6) is 0. The number of ether oxygens (including phenoxy) is 1. The fraction of sp³-hybridized carbons (Fsp3) is 0.556. The number of aromatic amines is 1. The number of H-pyrrole nitrogens is 1. The van der Waals surface area contributed by atoms with E-state index in [0.717, 1.165) is 16.8 Å². The SMILES string of the molecule is O=c1ccn(C2OC(COP(=O)([O-])OP(O)(O)=S)C(O)C2O)c(=O)[nH]1. The quantitative estimate of drug-likeness (QED) is 0.290. The Labute approximate surface area is 143 Å². The Balaban J connectivity index is 2.09. The number of aliphatic hydroxyl groups excluding tert-OH is 2. The summed E-state index contributed by atoms with van der Waals surface area (Å²) in [4.78, 5) is 53.6. The van der Waals surface area contributed by atoms with Crippen molar-refractivity contribution in [1.29, 1.82) is 0 Å². The van der Waals surface area contributed by atoms with Gasteiger partial charge in [-0.25, -0.2) is 9.11 Å². The van der Waals surface area contributed by atoms with Crippen LogP contribution in [0.25, 0.3) is 0 Å². The molecule has 0 spiro atoms. The second-order valence-corrected chi connectivity index (χ2v) is 9.09. The summed E-state index contributed by atoms with van der Waals surface area (Å²) in [7, 11) is -5.21. The first-order chi connectivity index (χ1) is 11.4. The fourth-order valence-electron chi connectivity index (χ4n) is 2.04. The van der Waals surface area contributed by atoms with Gasteiger partial charge < -0.3 is 34.2 Å². The molecule has 1 aromatic rings. The standard InChI is InChI=1S/C9H14N2O11P2S/c12-5-1-2-11(9(15)10-5)8-7(14)6(13)4(21-8)3-20-23(16,17)22-24(18,19)25/h1-2,4,6-8,13-14H,3H2,(H,16,17)(H,10,12,15)(H2,18,19,25)/p-1. The minimum absolute atomic E-state index is 0.692. The molecular weight excluding hydrogens is 406 g/mol. The van der Waals surface area contributed by atoms with Crippen LogP contribution < -0.4 is 16.1 Å². The van der Waals surface area contributed by atoms with Crippen molar-refractivity contribution in [2.45, 2.75) is 24.5 Å². The number of hydrogen-bond donors (Lipinski definition) is 5. The summed E-state index contributed by atoms with van der Waals surface area (Å²) in [5, 5.41) is 19.8. The molecule has 2 rings (SSSR count). The first-order valence-corrected chi connectivity index (χ1v) is 10.5. The molecule has 142 valence electrons. The molecular formula is C9H13N2O11P2S-. The van der Waals surface area contributed by atoms with E-state index in [1.54, 1.807) is 0 Å². The topological polar surface area (TPSA) is 204 Å². The van der Waals surface area contributed by atoms with E-state index in [0.29, 0.717) is 0 Å². The molecule has 13 nitrogen and oxygen atoms in total. The Bertz CT molecular complexity index is 833. The molecule has 5 unspecified atom stereocenters. The van der Waals surface area contributed by atoms with Crippen LogP contribution in [0.1, 0.15) is 6.23 Å². The third kappa shape index (κ3) is 5.36. The Kier molecular flexibility index (Phi) is 6.14. The zero-order chi connectivity index (χ0) is 19.0. The molecule has 5 N–H and O–H groups in total. The van der Waals surface area contributed by atoms with Crippen LogP contribution in [-0.2, 0) is 29.9 Å². The summed E-state index contributed by atoms with van der Waals surface area (Å²) < 4.78 is 25.5. The summed E-state index contributed by atoms with van der Waals surface area (Å²) in [6.07, 6.45) is -5.14. The molecule has 1 saturated heterocycles. The van der Waals surface area contributed by atoms with Gasteiger partial charge in [0.1, 0.15) is 18.3 Å². The van der Waals surface area contributed by atoms with E-state index in [-0.39, 0.29) is 0 Å². The van der Waals surface area contributed by atoms with Gasteiger partial charge in [0.05, 0.1) is 6.61 Å². The third-order valence-corrected chi connectivity index (χ3v) is 5.78. The molecule has 0 amide bonds. The number of nitrogens with one attached hydrogen (secondary N) is 1. The van der Waals surface area contributed by atoms with Crippen molar-refractivity contribution < 1.29 is 43.0 Å². The molecule has 1 aliphatic heterocycles. The summed E-state index contributed by atoms with van der Waals surface area (Å²) in [5.41, 5.74) is -1.62. The Hall–Kier alpha value is -0.760. The minimum atomic E-state index is -5.21. The first-order valence-electron chi connectivity index (χ1n) is 6.45. The number of hydrogen-bond acceptors (Lipinski definition) is 10. The van der Waals surface area contributed by atoms with Crippen LogP contribution in [-0.4, -0.2) is 54.5 Å². The molecule has 25 heavy (non-hydrogen) atoms. The van der Waals surface area contributed by atoms with E-state index in [2.05, 4.69) is 20.6 Å². The Morgan fingerprint density at radius 3 is 2.56 bits per heavy atom. The second kappa shape index (κ2) is 7.47. The van der Waals surface area contributed by atoms with Crippen molar-refractivity contribution in [2.24, 2.45) is 0 Å². The average Bonchev–Trinajstić information content (AvgIpc) is 2.71. The number of phosphoric ester groups is 1. The highest BCUT2D eigenvalue weighted by Crippen LogP contribution is 2.55. The highest BCUT2D eigenvalue weighted by atomic mass is 32.5. The van der Waals surface area contributed by atoms with Gasteiger partial charge in [-0.2, -0.15) is 0 Å². The number of rotatable bonds is 6. The minimum Gasteiger partial charge on any atom is -0.756 e. The second-order valence-electron chi connectivity index (χ2n) is 4.88. The number of phosphoric acid groups is 1. The van der Waals surface area contributed by atoms with E-state index in [4.69, 9.17) is 14.5 Å². The van der Waals surface area contributed by atoms with Crippen molar-refractivity contribution >= 4 is 26.3 Å². The number of aliphatic hydroxyl groups is 2. The molecule has 1 fully saturated rings. The maximum Gasteiger partial charge on any atom is 0.330 e. The molecule has 0 aromatic carbocycles.